The summed E-state index contributed by atoms with van der Waals surface area (Å²) in [5, 5.41) is 0. The molecule has 0 aromatic carbocycles. The van der Waals surface area contributed by atoms with Crippen LogP contribution in [0.25, 0.3) is 0 Å². The number of imidazole rings is 1. The topological polar surface area (TPSA) is 28.7 Å². The zero-order valence-corrected chi connectivity index (χ0v) is 10.5. The van der Waals surface area contributed by atoms with Gasteiger partial charge in [0.2, 0.25) is 0 Å². The van der Waals surface area contributed by atoms with E-state index in [9.17, 15) is 0 Å². The van der Waals surface area contributed by atoms with E-state index in [1.165, 1.54) is 18.5 Å². The van der Waals surface area contributed by atoms with Crippen LogP contribution in [0.4, 0.5) is 0 Å². The van der Waals surface area contributed by atoms with Crippen molar-refractivity contribution in [2.45, 2.75) is 53.4 Å². The second-order valence-corrected chi connectivity index (χ2v) is 5.22. The summed E-state index contributed by atoms with van der Waals surface area (Å²) in [7, 11) is 0. The molecule has 1 aromatic rings. The molecule has 0 saturated heterocycles. The van der Waals surface area contributed by atoms with Gasteiger partial charge in [-0.25, -0.2) is 4.98 Å². The smallest absolute Gasteiger partial charge is 0.106 e. The molecule has 1 aromatic heterocycles. The van der Waals surface area contributed by atoms with Gasteiger partial charge in [0.15, 0.2) is 0 Å². The van der Waals surface area contributed by atoms with Gasteiger partial charge < -0.3 is 4.98 Å². The number of aryl methyl sites for hydroxylation is 2. The number of rotatable bonds is 6. The first-order chi connectivity index (χ1) is 7.08. The third-order valence-electron chi connectivity index (χ3n) is 2.63. The number of nitrogens with zero attached hydrogens (tertiary/aromatic N) is 1. The predicted molar refractivity (Wildman–Crippen MR) is 64.9 cm³/mol. The van der Waals surface area contributed by atoms with Crippen molar-refractivity contribution in [3.05, 3.63) is 17.7 Å². The molecule has 0 bridgehead atoms. The molecule has 1 N–H and O–H groups in total. The van der Waals surface area contributed by atoms with Crippen molar-refractivity contribution in [2.24, 2.45) is 11.8 Å². The molecule has 1 heterocycles. The third-order valence-corrected chi connectivity index (χ3v) is 2.63. The van der Waals surface area contributed by atoms with Crippen LogP contribution in [0.3, 0.4) is 0 Å². The molecule has 0 atom stereocenters. The average molecular weight is 208 g/mol. The molecule has 0 amide bonds. The normalized spacial score (nSPS) is 11.6. The minimum atomic E-state index is 0.759. The monoisotopic (exact) mass is 208 g/mol. The maximum absolute atomic E-state index is 4.41. The summed E-state index contributed by atoms with van der Waals surface area (Å²) in [6, 6.07) is 0. The molecule has 0 radical (unpaired) electrons. The molecule has 2 nitrogen and oxygen atoms in total. The highest BCUT2D eigenvalue weighted by Gasteiger charge is 2.03. The molecule has 86 valence electrons. The van der Waals surface area contributed by atoms with Gasteiger partial charge in [-0.15, -0.1) is 0 Å². The van der Waals surface area contributed by atoms with Crippen LogP contribution in [0, 0.1) is 11.8 Å². The van der Waals surface area contributed by atoms with Gasteiger partial charge in [-0.05, 0) is 31.1 Å². The van der Waals surface area contributed by atoms with Gasteiger partial charge in [0.25, 0.3) is 0 Å². The van der Waals surface area contributed by atoms with E-state index in [1.807, 2.05) is 6.20 Å². The first-order valence-electron chi connectivity index (χ1n) is 6.10. The number of hydrogen-bond acceptors (Lipinski definition) is 1. The Balaban J connectivity index is 2.35. The fraction of sp³-hybridized carbons (Fsp3) is 0.769. The van der Waals surface area contributed by atoms with Crippen LogP contribution in [-0.4, -0.2) is 9.97 Å². The highest BCUT2D eigenvalue weighted by atomic mass is 14.9. The van der Waals surface area contributed by atoms with Crippen LogP contribution in [0.5, 0.6) is 0 Å². The van der Waals surface area contributed by atoms with Gasteiger partial charge >= 0.3 is 0 Å². The Hall–Kier alpha value is -0.790. The summed E-state index contributed by atoms with van der Waals surface area (Å²) in [5.41, 5.74) is 1.29. The molecular formula is C13H24N2. The van der Waals surface area contributed by atoms with E-state index in [0.717, 1.165) is 30.5 Å². The van der Waals surface area contributed by atoms with E-state index in [-0.39, 0.29) is 0 Å². The number of aromatic amines is 1. The van der Waals surface area contributed by atoms with Gasteiger partial charge in [-0.3, -0.25) is 0 Å². The van der Waals surface area contributed by atoms with Crippen LogP contribution in [-0.2, 0) is 12.8 Å². The van der Waals surface area contributed by atoms with Gasteiger partial charge in [0, 0.05) is 18.3 Å². The standard InChI is InChI=1S/C13H24N2/c1-10(2)5-7-12-9-14-13(15-12)8-6-11(3)4/h9-11H,5-8H2,1-4H3,(H,14,15). The molecule has 0 saturated carbocycles. The lowest BCUT2D eigenvalue weighted by Crippen LogP contribution is -1.95. The largest absolute Gasteiger partial charge is 0.346 e. The zero-order chi connectivity index (χ0) is 11.3. The highest BCUT2D eigenvalue weighted by molar-refractivity contribution is 5.01. The van der Waals surface area contributed by atoms with E-state index >= 15 is 0 Å². The summed E-state index contributed by atoms with van der Waals surface area (Å²) in [6.45, 7) is 9.03. The van der Waals surface area contributed by atoms with Crippen molar-refractivity contribution < 1.29 is 0 Å². The van der Waals surface area contributed by atoms with Crippen LogP contribution >= 0.6 is 0 Å². The van der Waals surface area contributed by atoms with Crippen molar-refractivity contribution in [1.82, 2.24) is 9.97 Å². The Morgan fingerprint density at radius 3 is 2.27 bits per heavy atom. The lowest BCUT2D eigenvalue weighted by atomic mass is 10.1. The van der Waals surface area contributed by atoms with Crippen molar-refractivity contribution in [1.29, 1.82) is 0 Å². The van der Waals surface area contributed by atoms with Crippen LogP contribution < -0.4 is 0 Å². The summed E-state index contributed by atoms with van der Waals surface area (Å²) in [4.78, 5) is 7.82. The second kappa shape index (κ2) is 5.94. The van der Waals surface area contributed by atoms with Crippen molar-refractivity contribution in [3.8, 4) is 0 Å². The summed E-state index contributed by atoms with van der Waals surface area (Å²) < 4.78 is 0. The lowest BCUT2D eigenvalue weighted by molar-refractivity contribution is 0.572. The Morgan fingerprint density at radius 1 is 1.07 bits per heavy atom. The van der Waals surface area contributed by atoms with Gasteiger partial charge in [-0.2, -0.15) is 0 Å². The van der Waals surface area contributed by atoms with Crippen LogP contribution in [0.2, 0.25) is 0 Å². The minimum Gasteiger partial charge on any atom is -0.346 e. The average Bonchev–Trinajstić information content (AvgIpc) is 2.59. The molecule has 2 heteroatoms. The van der Waals surface area contributed by atoms with Gasteiger partial charge in [0.05, 0.1) is 0 Å². The molecule has 0 aliphatic carbocycles. The summed E-state index contributed by atoms with van der Waals surface area (Å²) in [5.74, 6) is 2.68. The SMILES string of the molecule is CC(C)CCc1cnc(CCC(C)C)[nH]1. The Kier molecular flexibility index (Phi) is 4.86. The first-order valence-corrected chi connectivity index (χ1v) is 6.10. The second-order valence-electron chi connectivity index (χ2n) is 5.22. The van der Waals surface area contributed by atoms with Gasteiger partial charge in [-0.1, -0.05) is 27.7 Å². The number of H-pyrrole nitrogens is 1. The minimum absolute atomic E-state index is 0.759. The van der Waals surface area contributed by atoms with Crippen molar-refractivity contribution in [3.63, 3.8) is 0 Å². The fourth-order valence-electron chi connectivity index (χ4n) is 1.53. The number of nitrogens with one attached hydrogen (secondary N) is 1. The molecule has 0 fully saturated rings. The zero-order valence-electron chi connectivity index (χ0n) is 10.5. The van der Waals surface area contributed by atoms with E-state index in [2.05, 4.69) is 37.7 Å². The molecule has 0 unspecified atom stereocenters. The maximum Gasteiger partial charge on any atom is 0.106 e. The summed E-state index contributed by atoms with van der Waals surface area (Å²) >= 11 is 0. The lowest BCUT2D eigenvalue weighted by Gasteiger charge is -2.02. The highest BCUT2D eigenvalue weighted by Crippen LogP contribution is 2.09. The summed E-state index contributed by atoms with van der Waals surface area (Å²) in [6.07, 6.45) is 6.67. The predicted octanol–water partition coefficient (Wildman–Crippen LogP) is 3.59. The number of aromatic nitrogens is 2. The van der Waals surface area contributed by atoms with E-state index in [0.29, 0.717) is 0 Å². The molecule has 0 spiro atoms. The molecule has 0 aliphatic rings. The maximum atomic E-state index is 4.41. The Bertz CT molecular complexity index is 247. The first kappa shape index (κ1) is 12.3. The van der Waals surface area contributed by atoms with Crippen molar-refractivity contribution >= 4 is 0 Å². The molecule has 0 aliphatic heterocycles. The Labute approximate surface area is 93.5 Å². The quantitative estimate of drug-likeness (QED) is 0.760. The fourth-order valence-corrected chi connectivity index (χ4v) is 1.53. The molecule has 15 heavy (non-hydrogen) atoms. The number of hydrogen-bond donors (Lipinski definition) is 1. The van der Waals surface area contributed by atoms with Gasteiger partial charge in [0.1, 0.15) is 5.82 Å². The van der Waals surface area contributed by atoms with Crippen molar-refractivity contribution in [2.75, 3.05) is 0 Å². The molecule has 1 rings (SSSR count). The van der Waals surface area contributed by atoms with Crippen LogP contribution in [0.1, 0.15) is 52.1 Å². The van der Waals surface area contributed by atoms with E-state index in [1.54, 1.807) is 0 Å². The van der Waals surface area contributed by atoms with Crippen LogP contribution in [0.15, 0.2) is 6.20 Å². The van der Waals surface area contributed by atoms with E-state index in [4.69, 9.17) is 0 Å². The molecular weight excluding hydrogens is 184 g/mol. The van der Waals surface area contributed by atoms with E-state index < -0.39 is 0 Å². The third kappa shape index (κ3) is 5.01. The Morgan fingerprint density at radius 2 is 1.67 bits per heavy atom.